The van der Waals surface area contributed by atoms with Crippen LogP contribution in [0.25, 0.3) is 5.69 Å². The molecule has 1 amide bonds. The van der Waals surface area contributed by atoms with Gasteiger partial charge in [0.1, 0.15) is 0 Å². The predicted octanol–water partition coefficient (Wildman–Crippen LogP) is 3.95. The van der Waals surface area contributed by atoms with Gasteiger partial charge in [-0.25, -0.2) is 4.68 Å². The molecule has 6 heteroatoms. The molecule has 1 aromatic heterocycles. The molecular weight excluding hydrogens is 350 g/mol. The van der Waals surface area contributed by atoms with Crippen LogP contribution >= 0.6 is 11.6 Å². The van der Waals surface area contributed by atoms with Crippen molar-refractivity contribution in [2.75, 3.05) is 20.2 Å². The van der Waals surface area contributed by atoms with Crippen molar-refractivity contribution in [3.8, 4) is 5.69 Å². The predicted molar refractivity (Wildman–Crippen MR) is 101 cm³/mol. The molecular formula is C20H24ClN3O2. The lowest BCUT2D eigenvalue weighted by Gasteiger charge is -2.43. The van der Waals surface area contributed by atoms with E-state index < -0.39 is 0 Å². The van der Waals surface area contributed by atoms with E-state index in [0.717, 1.165) is 44.5 Å². The highest BCUT2D eigenvalue weighted by molar-refractivity contribution is 6.33. The monoisotopic (exact) mass is 373 g/mol. The second-order valence-corrected chi connectivity index (χ2v) is 7.83. The molecule has 4 rings (SSSR count). The van der Waals surface area contributed by atoms with Crippen molar-refractivity contribution in [3.05, 3.63) is 47.2 Å². The molecule has 0 unspecified atom stereocenters. The average molecular weight is 374 g/mol. The van der Waals surface area contributed by atoms with E-state index in [1.807, 2.05) is 29.3 Å². The third-order valence-corrected chi connectivity index (χ3v) is 6.28. The molecule has 5 nitrogen and oxygen atoms in total. The van der Waals surface area contributed by atoms with Crippen molar-refractivity contribution in [1.82, 2.24) is 14.7 Å². The molecule has 1 saturated heterocycles. The van der Waals surface area contributed by atoms with Gasteiger partial charge in [-0.1, -0.05) is 18.0 Å². The van der Waals surface area contributed by atoms with Crippen LogP contribution in [0.5, 0.6) is 0 Å². The van der Waals surface area contributed by atoms with Gasteiger partial charge >= 0.3 is 0 Å². The second-order valence-electron chi connectivity index (χ2n) is 7.42. The molecule has 1 saturated carbocycles. The van der Waals surface area contributed by atoms with Gasteiger partial charge in [-0.05, 0) is 49.9 Å². The lowest BCUT2D eigenvalue weighted by Crippen LogP contribution is -2.49. The van der Waals surface area contributed by atoms with Gasteiger partial charge in [-0.3, -0.25) is 4.79 Å². The van der Waals surface area contributed by atoms with Crippen LogP contribution in [0.3, 0.4) is 0 Å². The van der Waals surface area contributed by atoms with Gasteiger partial charge in [-0.2, -0.15) is 5.10 Å². The second kappa shape index (κ2) is 7.05. The number of nitrogens with zero attached hydrogens (tertiary/aromatic N) is 3. The number of carbonyl (C=O) groups excluding carboxylic acids is 1. The Kier molecular flexibility index (Phi) is 4.76. The normalized spacial score (nSPS) is 25.8. The minimum Gasteiger partial charge on any atom is -0.381 e. The Morgan fingerprint density at radius 3 is 2.96 bits per heavy atom. The molecule has 2 heterocycles. The smallest absolute Gasteiger partial charge is 0.255 e. The zero-order valence-corrected chi connectivity index (χ0v) is 15.8. The standard InChI is InChI=1S/C20H24ClN3O2/c1-26-18-5-2-8-20(18)9-3-11-23(14-20)19(25)16-13-15(6-7-17(16)21)24-12-4-10-22-24/h4,6-7,10,12-13,18H,2-3,5,8-9,11,14H2,1H3/t18-,20+/m1/s1. The van der Waals surface area contributed by atoms with Crippen molar-refractivity contribution in [1.29, 1.82) is 0 Å². The molecule has 2 fully saturated rings. The van der Waals surface area contributed by atoms with Crippen LogP contribution < -0.4 is 0 Å². The molecule has 26 heavy (non-hydrogen) atoms. The van der Waals surface area contributed by atoms with Gasteiger partial charge in [0, 0.05) is 38.0 Å². The Morgan fingerprint density at radius 2 is 2.19 bits per heavy atom. The largest absolute Gasteiger partial charge is 0.381 e. The number of piperidine rings is 1. The average Bonchev–Trinajstić information content (AvgIpc) is 3.32. The Balaban J connectivity index is 1.60. The van der Waals surface area contributed by atoms with Crippen LogP contribution in [0.4, 0.5) is 0 Å². The molecule has 138 valence electrons. The first-order chi connectivity index (χ1) is 12.6. The first-order valence-corrected chi connectivity index (χ1v) is 9.62. The van der Waals surface area contributed by atoms with Crippen molar-refractivity contribution in [3.63, 3.8) is 0 Å². The lowest BCUT2D eigenvalue weighted by atomic mass is 9.76. The van der Waals surface area contributed by atoms with Crippen molar-refractivity contribution in [2.24, 2.45) is 5.41 Å². The van der Waals surface area contributed by atoms with Crippen LogP contribution in [-0.4, -0.2) is 46.9 Å². The SMILES string of the molecule is CO[C@@H]1CCC[C@@]12CCCN(C(=O)c1cc(-n3cccn3)ccc1Cl)C2. The maximum Gasteiger partial charge on any atom is 0.255 e. The van der Waals surface area contributed by atoms with Crippen molar-refractivity contribution >= 4 is 17.5 Å². The summed E-state index contributed by atoms with van der Waals surface area (Å²) in [5.74, 6) is 0.00448. The summed E-state index contributed by atoms with van der Waals surface area (Å²) in [5.41, 5.74) is 1.49. The minimum absolute atomic E-state index is 0.00448. The molecule has 0 N–H and O–H groups in total. The summed E-state index contributed by atoms with van der Waals surface area (Å²) in [6.07, 6.45) is 9.38. The molecule has 0 bridgehead atoms. The third-order valence-electron chi connectivity index (χ3n) is 5.95. The maximum atomic E-state index is 13.2. The number of carbonyl (C=O) groups is 1. The van der Waals surface area contributed by atoms with Crippen molar-refractivity contribution in [2.45, 2.75) is 38.2 Å². The van der Waals surface area contributed by atoms with Crippen LogP contribution in [-0.2, 0) is 4.74 Å². The zero-order valence-electron chi connectivity index (χ0n) is 15.0. The summed E-state index contributed by atoms with van der Waals surface area (Å²) in [7, 11) is 1.79. The van der Waals surface area contributed by atoms with E-state index in [9.17, 15) is 4.79 Å². The topological polar surface area (TPSA) is 47.4 Å². The van der Waals surface area contributed by atoms with Gasteiger partial charge in [0.05, 0.1) is 22.4 Å². The van der Waals surface area contributed by atoms with E-state index in [-0.39, 0.29) is 17.4 Å². The number of rotatable bonds is 3. The number of halogens is 1. The molecule has 2 aliphatic rings. The summed E-state index contributed by atoms with van der Waals surface area (Å²) in [4.78, 5) is 15.2. The Bertz CT molecular complexity index is 792. The van der Waals surface area contributed by atoms with E-state index in [4.69, 9.17) is 16.3 Å². The third kappa shape index (κ3) is 3.03. The number of aromatic nitrogens is 2. The van der Waals surface area contributed by atoms with Crippen LogP contribution in [0, 0.1) is 5.41 Å². The number of hydrogen-bond acceptors (Lipinski definition) is 3. The Labute approximate surface area is 158 Å². The molecule has 1 aliphatic carbocycles. The van der Waals surface area contributed by atoms with E-state index in [2.05, 4.69) is 5.10 Å². The molecule has 1 aliphatic heterocycles. The van der Waals surface area contributed by atoms with Crippen LogP contribution in [0.1, 0.15) is 42.5 Å². The van der Waals surface area contributed by atoms with Gasteiger partial charge in [0.15, 0.2) is 0 Å². The van der Waals surface area contributed by atoms with E-state index in [1.165, 1.54) is 6.42 Å². The summed E-state index contributed by atoms with van der Waals surface area (Å²) in [6.45, 7) is 1.53. The van der Waals surface area contributed by atoms with Crippen LogP contribution in [0.15, 0.2) is 36.7 Å². The van der Waals surface area contributed by atoms with Crippen molar-refractivity contribution < 1.29 is 9.53 Å². The highest BCUT2D eigenvalue weighted by Gasteiger charge is 2.46. The van der Waals surface area contributed by atoms with Gasteiger partial charge in [0.2, 0.25) is 0 Å². The highest BCUT2D eigenvalue weighted by atomic mass is 35.5. The fraction of sp³-hybridized carbons (Fsp3) is 0.500. The highest BCUT2D eigenvalue weighted by Crippen LogP contribution is 2.46. The quantitative estimate of drug-likeness (QED) is 0.818. The first kappa shape index (κ1) is 17.6. The molecule has 2 atom stereocenters. The van der Waals surface area contributed by atoms with E-state index in [0.29, 0.717) is 10.6 Å². The van der Waals surface area contributed by atoms with Gasteiger partial charge < -0.3 is 9.64 Å². The van der Waals surface area contributed by atoms with Gasteiger partial charge in [-0.15, -0.1) is 0 Å². The zero-order chi connectivity index (χ0) is 18.1. The first-order valence-electron chi connectivity index (χ1n) is 9.25. The minimum atomic E-state index is 0.00448. The number of methoxy groups -OCH3 is 1. The number of ether oxygens (including phenoxy) is 1. The lowest BCUT2D eigenvalue weighted by molar-refractivity contribution is -0.0295. The maximum absolute atomic E-state index is 13.2. The summed E-state index contributed by atoms with van der Waals surface area (Å²) in [5, 5.41) is 4.73. The summed E-state index contributed by atoms with van der Waals surface area (Å²) >= 11 is 6.38. The number of likely N-dealkylation sites (tertiary alicyclic amines) is 1. The van der Waals surface area contributed by atoms with E-state index >= 15 is 0 Å². The Morgan fingerprint density at radius 1 is 1.35 bits per heavy atom. The molecule has 0 radical (unpaired) electrons. The number of amides is 1. The van der Waals surface area contributed by atoms with E-state index in [1.54, 1.807) is 24.1 Å². The number of hydrogen-bond donors (Lipinski definition) is 0. The number of benzene rings is 1. The van der Waals surface area contributed by atoms with Gasteiger partial charge in [0.25, 0.3) is 5.91 Å². The molecule has 1 spiro atoms. The fourth-order valence-electron chi connectivity index (χ4n) is 4.69. The molecule has 2 aromatic rings. The summed E-state index contributed by atoms with van der Waals surface area (Å²) in [6, 6.07) is 7.34. The fourth-order valence-corrected chi connectivity index (χ4v) is 4.88. The molecule has 1 aromatic carbocycles. The Hall–Kier alpha value is -1.85. The van der Waals surface area contributed by atoms with Crippen LogP contribution in [0.2, 0.25) is 5.02 Å². The summed E-state index contributed by atoms with van der Waals surface area (Å²) < 4.78 is 7.49.